The second kappa shape index (κ2) is 10.4. The van der Waals surface area contributed by atoms with Gasteiger partial charge in [-0.1, -0.05) is 51.3 Å². The average Bonchev–Trinajstić information content (AvgIpc) is 3.46. The van der Waals surface area contributed by atoms with Gasteiger partial charge in [-0.15, -0.1) is 10.2 Å². The fourth-order valence-electron chi connectivity index (χ4n) is 3.88. The third kappa shape index (κ3) is 5.84. The molecule has 1 aliphatic carbocycles. The van der Waals surface area contributed by atoms with Crippen LogP contribution in [0.1, 0.15) is 94.9 Å². The van der Waals surface area contributed by atoms with E-state index in [1.807, 2.05) is 25.1 Å². The molecule has 1 N–H and O–H groups in total. The third-order valence-corrected chi connectivity index (χ3v) is 6.30. The SMILES string of the molecule is CCCCC(CC(=O)Nc1cccc(Cl)c1C)c1nnc(CCC(C)C)n1C1CC1. The highest BCUT2D eigenvalue weighted by Crippen LogP contribution is 2.40. The topological polar surface area (TPSA) is 59.8 Å². The fraction of sp³-hybridized carbons (Fsp3) is 0.625. The Morgan fingerprint density at radius 1 is 1.27 bits per heavy atom. The monoisotopic (exact) mass is 430 g/mol. The average molecular weight is 431 g/mol. The lowest BCUT2D eigenvalue weighted by Crippen LogP contribution is -2.19. The van der Waals surface area contributed by atoms with Crippen LogP contribution in [-0.4, -0.2) is 20.7 Å². The largest absolute Gasteiger partial charge is 0.326 e. The highest BCUT2D eigenvalue weighted by Gasteiger charge is 2.32. The molecule has 0 spiro atoms. The van der Waals surface area contributed by atoms with Gasteiger partial charge in [0.25, 0.3) is 0 Å². The van der Waals surface area contributed by atoms with E-state index in [-0.39, 0.29) is 11.8 Å². The summed E-state index contributed by atoms with van der Waals surface area (Å²) >= 11 is 6.21. The van der Waals surface area contributed by atoms with Crippen LogP contribution in [0.3, 0.4) is 0 Å². The van der Waals surface area contributed by atoms with Crippen molar-refractivity contribution in [2.24, 2.45) is 5.92 Å². The van der Waals surface area contributed by atoms with Crippen LogP contribution in [-0.2, 0) is 11.2 Å². The highest BCUT2D eigenvalue weighted by atomic mass is 35.5. The molecule has 0 saturated heterocycles. The first-order valence-electron chi connectivity index (χ1n) is 11.4. The first kappa shape index (κ1) is 22.8. The number of benzene rings is 1. The summed E-state index contributed by atoms with van der Waals surface area (Å²) in [4.78, 5) is 12.9. The predicted molar refractivity (Wildman–Crippen MR) is 123 cm³/mol. The zero-order chi connectivity index (χ0) is 21.7. The van der Waals surface area contributed by atoms with Gasteiger partial charge in [0.1, 0.15) is 11.6 Å². The number of nitrogens with one attached hydrogen (secondary N) is 1. The van der Waals surface area contributed by atoms with E-state index >= 15 is 0 Å². The molecule has 1 aromatic carbocycles. The van der Waals surface area contributed by atoms with E-state index < -0.39 is 0 Å². The molecular formula is C24H35ClN4O. The number of aryl methyl sites for hydroxylation is 1. The zero-order valence-electron chi connectivity index (χ0n) is 18.7. The molecule has 1 fully saturated rings. The minimum atomic E-state index is 0.00977. The maximum atomic E-state index is 12.9. The van der Waals surface area contributed by atoms with Gasteiger partial charge in [-0.05, 0) is 56.2 Å². The summed E-state index contributed by atoms with van der Waals surface area (Å²) in [6.45, 7) is 8.60. The van der Waals surface area contributed by atoms with E-state index in [9.17, 15) is 4.79 Å². The van der Waals surface area contributed by atoms with E-state index in [2.05, 4.69) is 40.9 Å². The first-order valence-corrected chi connectivity index (χ1v) is 11.8. The van der Waals surface area contributed by atoms with E-state index in [0.717, 1.165) is 55.0 Å². The van der Waals surface area contributed by atoms with Gasteiger partial charge in [-0.3, -0.25) is 4.79 Å². The molecule has 1 aliphatic rings. The van der Waals surface area contributed by atoms with Gasteiger partial charge >= 0.3 is 0 Å². The van der Waals surface area contributed by atoms with Gasteiger partial charge in [-0.2, -0.15) is 0 Å². The molecule has 0 aliphatic heterocycles. The molecule has 1 atom stereocenters. The first-order chi connectivity index (χ1) is 14.4. The van der Waals surface area contributed by atoms with E-state index in [1.165, 1.54) is 12.8 Å². The van der Waals surface area contributed by atoms with Crippen molar-refractivity contribution in [2.45, 2.75) is 91.0 Å². The van der Waals surface area contributed by atoms with Crippen LogP contribution >= 0.6 is 11.6 Å². The van der Waals surface area contributed by atoms with E-state index in [4.69, 9.17) is 11.6 Å². The highest BCUT2D eigenvalue weighted by molar-refractivity contribution is 6.31. The maximum Gasteiger partial charge on any atom is 0.225 e. The number of hydrogen-bond donors (Lipinski definition) is 1. The number of hydrogen-bond acceptors (Lipinski definition) is 3. The lowest BCUT2D eigenvalue weighted by Gasteiger charge is -2.19. The summed E-state index contributed by atoms with van der Waals surface area (Å²) < 4.78 is 2.36. The van der Waals surface area contributed by atoms with Crippen molar-refractivity contribution in [3.63, 3.8) is 0 Å². The normalized spacial score (nSPS) is 14.9. The molecule has 2 aromatic rings. The summed E-state index contributed by atoms with van der Waals surface area (Å²) in [5, 5.41) is 12.9. The number of unbranched alkanes of at least 4 members (excludes halogenated alkanes) is 1. The van der Waals surface area contributed by atoms with Crippen LogP contribution in [0.5, 0.6) is 0 Å². The summed E-state index contributed by atoms with van der Waals surface area (Å²) in [6, 6.07) is 6.12. The molecule has 30 heavy (non-hydrogen) atoms. The smallest absolute Gasteiger partial charge is 0.225 e. The molecule has 1 heterocycles. The van der Waals surface area contributed by atoms with Crippen molar-refractivity contribution in [3.8, 4) is 0 Å². The Bertz CT molecular complexity index is 857. The Morgan fingerprint density at radius 2 is 2.03 bits per heavy atom. The quantitative estimate of drug-likeness (QED) is 0.444. The number of halogens is 1. The Morgan fingerprint density at radius 3 is 2.70 bits per heavy atom. The minimum Gasteiger partial charge on any atom is -0.326 e. The number of carbonyl (C=O) groups is 1. The van der Waals surface area contributed by atoms with Crippen LogP contribution in [0.4, 0.5) is 5.69 Å². The van der Waals surface area contributed by atoms with Crippen molar-refractivity contribution in [2.75, 3.05) is 5.32 Å². The number of nitrogens with zero attached hydrogens (tertiary/aromatic N) is 3. The second-order valence-electron chi connectivity index (χ2n) is 9.01. The van der Waals surface area contributed by atoms with Crippen molar-refractivity contribution >= 4 is 23.2 Å². The van der Waals surface area contributed by atoms with Crippen LogP contribution in [0.15, 0.2) is 18.2 Å². The van der Waals surface area contributed by atoms with Gasteiger partial charge in [0.15, 0.2) is 0 Å². The standard InChI is InChI=1S/C24H35ClN4O/c1-5-6-8-18(15-23(30)26-21-10-7-9-20(25)17(21)4)24-28-27-22(14-11-16(2)3)29(24)19-12-13-19/h7,9-10,16,18-19H,5-6,8,11-15H2,1-4H3,(H,26,30). The van der Waals surface area contributed by atoms with Gasteiger partial charge in [-0.25, -0.2) is 0 Å². The van der Waals surface area contributed by atoms with Crippen molar-refractivity contribution < 1.29 is 4.79 Å². The third-order valence-electron chi connectivity index (χ3n) is 5.89. The van der Waals surface area contributed by atoms with Gasteiger partial charge in [0.05, 0.1) is 0 Å². The van der Waals surface area contributed by atoms with Crippen LogP contribution in [0.2, 0.25) is 5.02 Å². The molecule has 0 bridgehead atoms. The van der Waals surface area contributed by atoms with Crippen LogP contribution < -0.4 is 5.32 Å². The molecule has 164 valence electrons. The Labute approximate surface area is 185 Å². The molecule has 0 radical (unpaired) electrons. The molecule has 3 rings (SSSR count). The molecule has 5 nitrogen and oxygen atoms in total. The zero-order valence-corrected chi connectivity index (χ0v) is 19.5. The molecule has 1 unspecified atom stereocenters. The fourth-order valence-corrected chi connectivity index (χ4v) is 4.05. The number of aromatic nitrogens is 3. The lowest BCUT2D eigenvalue weighted by atomic mass is 9.96. The molecular weight excluding hydrogens is 396 g/mol. The molecule has 1 aromatic heterocycles. The molecule has 1 amide bonds. The van der Waals surface area contributed by atoms with Gasteiger partial charge in [0.2, 0.25) is 5.91 Å². The van der Waals surface area contributed by atoms with E-state index in [0.29, 0.717) is 23.4 Å². The molecule has 6 heteroatoms. The van der Waals surface area contributed by atoms with E-state index in [1.54, 1.807) is 0 Å². The predicted octanol–water partition coefficient (Wildman–Crippen LogP) is 6.47. The molecule has 1 saturated carbocycles. The number of anilines is 1. The number of carbonyl (C=O) groups excluding carboxylic acids is 1. The summed E-state index contributed by atoms with van der Waals surface area (Å²) in [7, 11) is 0. The summed E-state index contributed by atoms with van der Waals surface area (Å²) in [6.07, 6.45) is 7.99. The number of amides is 1. The minimum absolute atomic E-state index is 0.00977. The van der Waals surface area contributed by atoms with Gasteiger partial charge < -0.3 is 9.88 Å². The van der Waals surface area contributed by atoms with Crippen LogP contribution in [0, 0.1) is 12.8 Å². The lowest BCUT2D eigenvalue weighted by molar-refractivity contribution is -0.116. The Balaban J connectivity index is 1.78. The Hall–Kier alpha value is -1.88. The van der Waals surface area contributed by atoms with Crippen molar-refractivity contribution in [1.29, 1.82) is 0 Å². The van der Waals surface area contributed by atoms with Crippen LogP contribution in [0.25, 0.3) is 0 Å². The maximum absolute atomic E-state index is 12.9. The van der Waals surface area contributed by atoms with Crippen molar-refractivity contribution in [1.82, 2.24) is 14.8 Å². The van der Waals surface area contributed by atoms with Gasteiger partial charge in [0, 0.05) is 35.5 Å². The second-order valence-corrected chi connectivity index (χ2v) is 9.42. The summed E-state index contributed by atoms with van der Waals surface area (Å²) in [5.74, 6) is 2.83. The van der Waals surface area contributed by atoms with Crippen molar-refractivity contribution in [3.05, 3.63) is 40.4 Å². The Kier molecular flexibility index (Phi) is 7.93. The summed E-state index contributed by atoms with van der Waals surface area (Å²) in [5.41, 5.74) is 1.68. The number of rotatable bonds is 11.